The van der Waals surface area contributed by atoms with E-state index in [2.05, 4.69) is 12.2 Å². The highest BCUT2D eigenvalue weighted by atomic mass is 32.1. The van der Waals surface area contributed by atoms with Crippen LogP contribution in [0.25, 0.3) is 0 Å². The van der Waals surface area contributed by atoms with Crippen LogP contribution in [0.3, 0.4) is 0 Å². The smallest absolute Gasteiger partial charge is 0.279 e. The Morgan fingerprint density at radius 3 is 1.43 bits per heavy atom. The van der Waals surface area contributed by atoms with Crippen LogP contribution in [0, 0.1) is 5.41 Å². The zero-order chi connectivity index (χ0) is 16.8. The fourth-order valence-electron chi connectivity index (χ4n) is 1.72. The van der Waals surface area contributed by atoms with Crippen LogP contribution in [0.2, 0.25) is 0 Å². The second-order valence-electron chi connectivity index (χ2n) is 4.92. The summed E-state index contributed by atoms with van der Waals surface area (Å²) in [5, 5.41) is -1.10. The highest BCUT2D eigenvalue weighted by Crippen LogP contribution is 2.32. The molecular weight excluding hydrogens is 326 g/mol. The Kier molecular flexibility index (Phi) is 4.30. The number of nitrogens with zero attached hydrogens (tertiary/aromatic N) is 2. The van der Waals surface area contributed by atoms with Crippen molar-refractivity contribution in [2.24, 2.45) is 5.41 Å². The summed E-state index contributed by atoms with van der Waals surface area (Å²) < 4.78 is 74.5. The molecule has 0 spiro atoms. The van der Waals surface area contributed by atoms with E-state index >= 15 is 0 Å². The van der Waals surface area contributed by atoms with Crippen molar-refractivity contribution in [1.29, 1.82) is 0 Å². The van der Waals surface area contributed by atoms with Crippen LogP contribution in [0.4, 0.5) is 26.3 Å². The molecule has 4 nitrogen and oxygen atoms in total. The molecule has 0 unspecified atom stereocenters. The normalized spacial score (nSPS) is 20.3. The predicted molar refractivity (Wildman–Crippen MR) is 61.9 cm³/mol. The van der Waals surface area contributed by atoms with Crippen molar-refractivity contribution < 1.29 is 35.9 Å². The molecule has 1 heterocycles. The molecule has 1 aliphatic heterocycles. The van der Waals surface area contributed by atoms with Crippen LogP contribution in [0.1, 0.15) is 13.8 Å². The molecule has 11 heteroatoms. The van der Waals surface area contributed by atoms with E-state index in [1.807, 2.05) is 0 Å². The third-order valence-electron chi connectivity index (χ3n) is 2.70. The number of hydrogen-bond donors (Lipinski definition) is 0. The van der Waals surface area contributed by atoms with Gasteiger partial charge in [0.25, 0.3) is 0 Å². The first-order valence-electron chi connectivity index (χ1n) is 5.48. The third-order valence-corrected chi connectivity index (χ3v) is 3.14. The van der Waals surface area contributed by atoms with Crippen LogP contribution in [0.15, 0.2) is 0 Å². The summed E-state index contributed by atoms with van der Waals surface area (Å²) >= 11 is 4.45. The quantitative estimate of drug-likeness (QED) is 0.440. The van der Waals surface area contributed by atoms with Gasteiger partial charge >= 0.3 is 12.4 Å². The average Bonchev–Trinajstić information content (AvgIpc) is 2.26. The number of carbonyl (C=O) groups excluding carboxylic acids is 2. The third kappa shape index (κ3) is 3.83. The van der Waals surface area contributed by atoms with Crippen molar-refractivity contribution in [3.63, 3.8) is 0 Å². The van der Waals surface area contributed by atoms with Gasteiger partial charge in [0, 0.05) is 0 Å². The minimum atomic E-state index is -4.86. The van der Waals surface area contributed by atoms with Crippen molar-refractivity contribution in [3.8, 4) is 0 Å². The Hall–Kier alpha value is -1.39. The van der Waals surface area contributed by atoms with Gasteiger partial charge in [0.05, 0.1) is 0 Å². The first kappa shape index (κ1) is 17.7. The molecule has 1 fully saturated rings. The van der Waals surface area contributed by atoms with Crippen LogP contribution >= 0.6 is 12.2 Å². The highest BCUT2D eigenvalue weighted by Gasteiger charge is 2.54. The van der Waals surface area contributed by atoms with Gasteiger partial charge in [-0.3, -0.25) is 19.4 Å². The Balaban J connectivity index is 3.20. The van der Waals surface area contributed by atoms with E-state index in [0.717, 1.165) is 13.8 Å². The van der Waals surface area contributed by atoms with E-state index in [1.165, 1.54) is 0 Å². The molecule has 0 aromatic heterocycles. The maximum atomic E-state index is 12.4. The molecule has 1 aliphatic rings. The molecule has 2 amide bonds. The van der Waals surface area contributed by atoms with Gasteiger partial charge in [-0.05, 0) is 26.1 Å². The summed E-state index contributed by atoms with van der Waals surface area (Å²) in [4.78, 5) is 23.7. The lowest BCUT2D eigenvalue weighted by Gasteiger charge is -2.43. The fraction of sp³-hybridized carbons (Fsp3) is 0.700. The summed E-state index contributed by atoms with van der Waals surface area (Å²) in [5.41, 5.74) is -2.06. The number of alkyl halides is 6. The number of thiocarbonyl (C=S) groups is 1. The minimum absolute atomic E-state index is 0.0253. The Morgan fingerprint density at radius 1 is 0.905 bits per heavy atom. The van der Waals surface area contributed by atoms with Crippen LogP contribution in [-0.2, 0) is 9.59 Å². The molecule has 0 aromatic rings. The monoisotopic (exact) mass is 336 g/mol. The summed E-state index contributed by atoms with van der Waals surface area (Å²) in [6, 6.07) is 0. The number of hydrogen-bond acceptors (Lipinski definition) is 3. The van der Waals surface area contributed by atoms with Crippen molar-refractivity contribution in [1.82, 2.24) is 9.80 Å². The number of carbonyl (C=O) groups is 2. The average molecular weight is 336 g/mol. The molecule has 0 aliphatic carbocycles. The maximum Gasteiger partial charge on any atom is 0.406 e. The first-order chi connectivity index (χ1) is 9.17. The van der Waals surface area contributed by atoms with E-state index < -0.39 is 47.8 Å². The summed E-state index contributed by atoms with van der Waals surface area (Å²) in [5.74, 6) is -2.57. The van der Waals surface area contributed by atoms with Crippen LogP contribution < -0.4 is 0 Å². The second kappa shape index (κ2) is 5.11. The molecule has 1 rings (SSSR count). The molecule has 0 saturated carbocycles. The van der Waals surface area contributed by atoms with E-state index in [0.29, 0.717) is 0 Å². The summed E-state index contributed by atoms with van der Waals surface area (Å²) in [6.07, 6.45) is -9.72. The van der Waals surface area contributed by atoms with Gasteiger partial charge in [0.15, 0.2) is 5.11 Å². The van der Waals surface area contributed by atoms with Gasteiger partial charge in [-0.2, -0.15) is 26.3 Å². The van der Waals surface area contributed by atoms with Crippen molar-refractivity contribution in [3.05, 3.63) is 0 Å². The Bertz CT molecular complexity index is 445. The van der Waals surface area contributed by atoms with Crippen LogP contribution in [0.5, 0.6) is 0 Å². The second-order valence-corrected chi connectivity index (χ2v) is 5.29. The largest absolute Gasteiger partial charge is 0.406 e. The molecule has 0 bridgehead atoms. The zero-order valence-corrected chi connectivity index (χ0v) is 11.6. The van der Waals surface area contributed by atoms with Crippen molar-refractivity contribution >= 4 is 29.1 Å². The molecule has 0 aromatic carbocycles. The van der Waals surface area contributed by atoms with Gasteiger partial charge in [-0.1, -0.05) is 0 Å². The first-order valence-corrected chi connectivity index (χ1v) is 5.89. The van der Waals surface area contributed by atoms with Gasteiger partial charge in [-0.15, -0.1) is 0 Å². The SMILES string of the molecule is CC1(C)C(=O)N(CC(F)(F)F)C(=S)N(CC(F)(F)F)C1=O. The molecule has 21 heavy (non-hydrogen) atoms. The molecular formula is C10H10F6N2O2S. The van der Waals surface area contributed by atoms with Gasteiger partial charge in [-0.25, -0.2) is 0 Å². The number of halogens is 6. The fourth-order valence-corrected chi connectivity index (χ4v) is 2.02. The Morgan fingerprint density at radius 2 is 1.19 bits per heavy atom. The molecule has 0 N–H and O–H groups in total. The van der Waals surface area contributed by atoms with Gasteiger partial charge in [0.1, 0.15) is 18.5 Å². The number of amides is 2. The van der Waals surface area contributed by atoms with E-state index in [-0.39, 0.29) is 9.80 Å². The Labute approximate surface area is 120 Å². The molecule has 0 radical (unpaired) electrons. The van der Waals surface area contributed by atoms with Gasteiger partial charge < -0.3 is 0 Å². The molecule has 120 valence electrons. The predicted octanol–water partition coefficient (Wildman–Crippen LogP) is 2.09. The number of rotatable bonds is 2. The summed E-state index contributed by atoms with van der Waals surface area (Å²) in [6.45, 7) is -1.80. The van der Waals surface area contributed by atoms with E-state index in [1.54, 1.807) is 0 Å². The maximum absolute atomic E-state index is 12.4. The van der Waals surface area contributed by atoms with Crippen molar-refractivity contribution in [2.75, 3.05) is 13.1 Å². The van der Waals surface area contributed by atoms with E-state index in [9.17, 15) is 35.9 Å². The zero-order valence-electron chi connectivity index (χ0n) is 10.8. The standard InChI is InChI=1S/C10H10F6N2O2S/c1-8(2)5(19)17(3-9(11,12)13)7(21)18(6(8)20)4-10(14,15)16/h3-4H2,1-2H3. The van der Waals surface area contributed by atoms with E-state index in [4.69, 9.17) is 0 Å². The van der Waals surface area contributed by atoms with Crippen molar-refractivity contribution in [2.45, 2.75) is 26.2 Å². The highest BCUT2D eigenvalue weighted by molar-refractivity contribution is 7.80. The lowest BCUT2D eigenvalue weighted by molar-refractivity contribution is -0.176. The lowest BCUT2D eigenvalue weighted by atomic mass is 9.88. The topological polar surface area (TPSA) is 40.6 Å². The van der Waals surface area contributed by atoms with Crippen LogP contribution in [-0.4, -0.2) is 52.2 Å². The minimum Gasteiger partial charge on any atom is -0.279 e. The summed E-state index contributed by atoms with van der Waals surface area (Å²) in [7, 11) is 0. The van der Waals surface area contributed by atoms with Gasteiger partial charge in [0.2, 0.25) is 11.8 Å². The molecule has 0 atom stereocenters. The lowest BCUT2D eigenvalue weighted by Crippen LogP contribution is -2.65. The molecule has 1 saturated heterocycles.